The van der Waals surface area contributed by atoms with Crippen LogP contribution in [0.5, 0.6) is 0 Å². The first-order valence-corrected chi connectivity index (χ1v) is 9.09. The molecule has 0 aliphatic carbocycles. The molecule has 2 atom stereocenters. The van der Waals surface area contributed by atoms with Crippen LogP contribution in [0.3, 0.4) is 0 Å². The normalized spacial score (nSPS) is 12.7. The second-order valence-corrected chi connectivity index (χ2v) is 6.78. The van der Waals surface area contributed by atoms with Gasteiger partial charge in [-0.3, -0.25) is 9.00 Å². The molecular formula is C19H24NO4S-. The van der Waals surface area contributed by atoms with Crippen LogP contribution in [-0.4, -0.2) is 19.8 Å². The van der Waals surface area contributed by atoms with Gasteiger partial charge in [-0.05, 0) is 42.5 Å². The Balaban J connectivity index is 0.000000271. The van der Waals surface area contributed by atoms with Crippen molar-refractivity contribution in [3.8, 4) is 0 Å². The summed E-state index contributed by atoms with van der Waals surface area (Å²) < 4.78 is 22.3. The molecule has 0 aliphatic rings. The third-order valence-corrected chi connectivity index (χ3v) is 3.87. The molecule has 0 spiro atoms. The van der Waals surface area contributed by atoms with Gasteiger partial charge in [0.1, 0.15) is 0 Å². The van der Waals surface area contributed by atoms with E-state index in [2.05, 4.69) is 18.6 Å². The highest BCUT2D eigenvalue weighted by atomic mass is 32.2. The zero-order valence-electron chi connectivity index (χ0n) is 14.6. The molecule has 0 amide bonds. The number of hydrogen-bond acceptors (Lipinski definition) is 3. The molecule has 0 heterocycles. The minimum atomic E-state index is -2.22. The van der Waals surface area contributed by atoms with Gasteiger partial charge in [0.2, 0.25) is 0 Å². The lowest BCUT2D eigenvalue weighted by Gasteiger charge is -2.09. The average Bonchev–Trinajstić information content (AvgIpc) is 2.55. The van der Waals surface area contributed by atoms with E-state index < -0.39 is 23.2 Å². The van der Waals surface area contributed by atoms with Crippen LogP contribution < -0.4 is 4.72 Å². The SMILES string of the molecule is CC(C)Cc1ccc(C(C)C(=O)O)cc1.O=S([O-])Nc1ccccc1. The molecule has 0 aromatic heterocycles. The van der Waals surface area contributed by atoms with E-state index in [-0.39, 0.29) is 0 Å². The third kappa shape index (κ3) is 8.47. The predicted molar refractivity (Wildman–Crippen MR) is 100 cm³/mol. The maximum absolute atomic E-state index is 10.8. The van der Waals surface area contributed by atoms with Crippen LogP contribution in [0.25, 0.3) is 0 Å². The van der Waals surface area contributed by atoms with Crippen molar-refractivity contribution >= 4 is 22.9 Å². The number of nitrogens with one attached hydrogen (secondary N) is 1. The minimum absolute atomic E-state index is 0.418. The Morgan fingerprint density at radius 2 is 1.64 bits per heavy atom. The average molecular weight is 362 g/mol. The van der Waals surface area contributed by atoms with Gasteiger partial charge in [0.15, 0.2) is 0 Å². The number of aliphatic carboxylic acids is 1. The predicted octanol–water partition coefficient (Wildman–Crippen LogP) is 3.97. The standard InChI is InChI=1S/C13H18O2.C6H7NO2S/c1-9(2)8-11-4-6-12(7-5-11)10(3)13(14)15;8-10(9)7-6-4-2-1-3-5-6/h4-7,9-10H,8H2,1-3H3,(H,14,15);1-5,7H,(H,8,9)/p-1. The molecule has 0 saturated carbocycles. The van der Waals surface area contributed by atoms with Crippen molar-refractivity contribution in [1.82, 2.24) is 0 Å². The fourth-order valence-corrected chi connectivity index (χ4v) is 2.49. The van der Waals surface area contributed by atoms with Gasteiger partial charge in [0.05, 0.1) is 5.92 Å². The highest BCUT2D eigenvalue weighted by Crippen LogP contribution is 2.17. The van der Waals surface area contributed by atoms with Gasteiger partial charge >= 0.3 is 5.97 Å². The largest absolute Gasteiger partial charge is 0.755 e. The van der Waals surface area contributed by atoms with Crippen LogP contribution in [0.2, 0.25) is 0 Å². The van der Waals surface area contributed by atoms with Crippen LogP contribution in [0, 0.1) is 5.92 Å². The lowest BCUT2D eigenvalue weighted by atomic mass is 9.97. The van der Waals surface area contributed by atoms with Gasteiger partial charge in [-0.15, -0.1) is 0 Å². The maximum atomic E-state index is 10.8. The number of carboxylic acids is 1. The molecule has 5 nitrogen and oxygen atoms in total. The highest BCUT2D eigenvalue weighted by molar-refractivity contribution is 7.80. The van der Waals surface area contributed by atoms with Gasteiger partial charge in [-0.2, -0.15) is 0 Å². The zero-order valence-corrected chi connectivity index (χ0v) is 15.5. The molecule has 136 valence electrons. The first-order valence-electron chi connectivity index (χ1n) is 8.02. The molecule has 0 bridgehead atoms. The molecule has 25 heavy (non-hydrogen) atoms. The molecule has 0 fully saturated rings. The minimum Gasteiger partial charge on any atom is -0.755 e. The fraction of sp³-hybridized carbons (Fsp3) is 0.316. The second-order valence-electron chi connectivity index (χ2n) is 6.10. The van der Waals surface area contributed by atoms with Gasteiger partial charge < -0.3 is 14.4 Å². The number of para-hydroxylation sites is 1. The van der Waals surface area contributed by atoms with Crippen LogP contribution in [0.15, 0.2) is 54.6 Å². The zero-order chi connectivity index (χ0) is 18.8. The van der Waals surface area contributed by atoms with Crippen LogP contribution in [0.1, 0.15) is 37.8 Å². The van der Waals surface area contributed by atoms with Crippen LogP contribution in [0.4, 0.5) is 5.69 Å². The van der Waals surface area contributed by atoms with Crippen molar-refractivity contribution in [3.05, 3.63) is 65.7 Å². The van der Waals surface area contributed by atoms with Gasteiger partial charge in [0, 0.05) is 17.0 Å². The molecule has 2 aromatic carbocycles. The molecule has 0 radical (unpaired) electrons. The molecule has 2 N–H and O–H groups in total. The Kier molecular flexibility index (Phi) is 8.88. The topological polar surface area (TPSA) is 89.5 Å². The number of anilines is 1. The van der Waals surface area contributed by atoms with E-state index in [1.807, 2.05) is 30.3 Å². The molecule has 2 rings (SSSR count). The van der Waals surface area contributed by atoms with E-state index in [1.54, 1.807) is 31.2 Å². The van der Waals surface area contributed by atoms with E-state index in [9.17, 15) is 13.6 Å². The Morgan fingerprint density at radius 3 is 2.08 bits per heavy atom. The highest BCUT2D eigenvalue weighted by Gasteiger charge is 2.12. The van der Waals surface area contributed by atoms with Crippen molar-refractivity contribution in [2.24, 2.45) is 5.92 Å². The number of hydrogen-bond donors (Lipinski definition) is 2. The number of carbonyl (C=O) groups is 1. The molecule has 6 heteroatoms. The fourth-order valence-electron chi connectivity index (χ4n) is 2.16. The summed E-state index contributed by atoms with van der Waals surface area (Å²) in [5, 5.41) is 8.85. The monoisotopic (exact) mass is 362 g/mol. The van der Waals surface area contributed by atoms with Crippen molar-refractivity contribution in [1.29, 1.82) is 0 Å². The lowest BCUT2D eigenvalue weighted by Crippen LogP contribution is -2.07. The van der Waals surface area contributed by atoms with Crippen LogP contribution in [-0.2, 0) is 22.5 Å². The van der Waals surface area contributed by atoms with E-state index in [0.717, 1.165) is 12.0 Å². The summed E-state index contributed by atoms with van der Waals surface area (Å²) >= 11 is -2.22. The Morgan fingerprint density at radius 1 is 1.08 bits per heavy atom. The third-order valence-electron chi connectivity index (χ3n) is 3.47. The first-order chi connectivity index (χ1) is 11.8. The Hall–Kier alpha value is -2.18. The van der Waals surface area contributed by atoms with Crippen molar-refractivity contribution < 1.29 is 18.7 Å². The summed E-state index contributed by atoms with van der Waals surface area (Å²) in [4.78, 5) is 10.8. The molecule has 2 aromatic rings. The quantitative estimate of drug-likeness (QED) is 0.761. The van der Waals surface area contributed by atoms with Gasteiger partial charge in [0.25, 0.3) is 0 Å². The first kappa shape index (κ1) is 20.9. The summed E-state index contributed by atoms with van der Waals surface area (Å²) in [5.41, 5.74) is 2.72. The number of rotatable bonds is 6. The smallest absolute Gasteiger partial charge is 0.310 e. The van der Waals surface area contributed by atoms with Crippen molar-refractivity contribution in [2.75, 3.05) is 4.72 Å². The summed E-state index contributed by atoms with van der Waals surface area (Å²) in [6.07, 6.45) is 1.04. The van der Waals surface area contributed by atoms with Crippen molar-refractivity contribution in [3.63, 3.8) is 0 Å². The van der Waals surface area contributed by atoms with E-state index in [4.69, 9.17) is 5.11 Å². The molecular weight excluding hydrogens is 338 g/mol. The van der Waals surface area contributed by atoms with Gasteiger partial charge in [-0.1, -0.05) is 56.3 Å². The molecule has 2 unspecified atom stereocenters. The lowest BCUT2D eigenvalue weighted by molar-refractivity contribution is -0.138. The second kappa shape index (κ2) is 10.6. The van der Waals surface area contributed by atoms with E-state index in [0.29, 0.717) is 11.6 Å². The number of carboxylic acid groups (broad SMARTS) is 1. The molecule has 0 saturated heterocycles. The Labute approximate surface area is 151 Å². The Bertz CT molecular complexity index is 672. The van der Waals surface area contributed by atoms with Crippen LogP contribution >= 0.6 is 0 Å². The number of benzene rings is 2. The summed E-state index contributed by atoms with van der Waals surface area (Å²) in [5.74, 6) is -0.558. The molecule has 0 aliphatic heterocycles. The van der Waals surface area contributed by atoms with E-state index in [1.165, 1.54) is 5.56 Å². The van der Waals surface area contributed by atoms with E-state index >= 15 is 0 Å². The summed E-state index contributed by atoms with van der Waals surface area (Å²) in [6.45, 7) is 6.06. The summed E-state index contributed by atoms with van der Waals surface area (Å²) in [7, 11) is 0. The van der Waals surface area contributed by atoms with Gasteiger partial charge in [-0.25, -0.2) is 0 Å². The van der Waals surface area contributed by atoms with Crippen molar-refractivity contribution in [2.45, 2.75) is 33.1 Å². The maximum Gasteiger partial charge on any atom is 0.310 e. The summed E-state index contributed by atoms with van der Waals surface area (Å²) in [6, 6.07) is 16.6.